The molecule has 120 valence electrons. The summed E-state index contributed by atoms with van der Waals surface area (Å²) in [6.07, 6.45) is 1.73. The van der Waals surface area contributed by atoms with E-state index in [0.717, 1.165) is 0 Å². The van der Waals surface area contributed by atoms with Crippen molar-refractivity contribution in [3.8, 4) is 0 Å². The number of aromatic nitrogens is 2. The van der Waals surface area contributed by atoms with Crippen LogP contribution in [0.15, 0.2) is 33.2 Å². The zero-order valence-corrected chi connectivity index (χ0v) is 12.9. The Morgan fingerprint density at radius 3 is 2.74 bits per heavy atom. The molecule has 2 N–H and O–H groups in total. The van der Waals surface area contributed by atoms with Crippen LogP contribution < -0.4 is 5.56 Å². The number of hydrogen-bond donors (Lipinski definition) is 2. The van der Waals surface area contributed by atoms with Crippen molar-refractivity contribution in [3.63, 3.8) is 0 Å². The molecule has 3 rings (SSSR count). The molecule has 0 spiro atoms. The Morgan fingerprint density at radius 2 is 2.17 bits per heavy atom. The fourth-order valence-electron chi connectivity index (χ4n) is 2.53. The van der Waals surface area contributed by atoms with Gasteiger partial charge in [0.1, 0.15) is 12.2 Å². The lowest BCUT2D eigenvalue weighted by atomic mass is 9.93. The normalized spacial score (nSPS) is 15.1. The molecule has 0 bridgehead atoms. The fraction of sp³-hybridized carbons (Fsp3) is 0.214. The van der Waals surface area contributed by atoms with Crippen LogP contribution in [0.1, 0.15) is 33.5 Å². The van der Waals surface area contributed by atoms with Gasteiger partial charge in [-0.2, -0.15) is 0 Å². The average Bonchev–Trinajstić information content (AvgIpc) is 3.17. The molecule has 1 atom stereocenters. The lowest BCUT2D eigenvalue weighted by Gasteiger charge is -2.16. The Hall–Kier alpha value is -2.52. The van der Waals surface area contributed by atoms with Crippen LogP contribution in [0.2, 0.25) is 0 Å². The van der Waals surface area contributed by atoms with Gasteiger partial charge >= 0.3 is 0 Å². The van der Waals surface area contributed by atoms with E-state index >= 15 is 0 Å². The first-order valence-electron chi connectivity index (χ1n) is 6.73. The van der Waals surface area contributed by atoms with Crippen LogP contribution in [0.5, 0.6) is 0 Å². The monoisotopic (exact) mass is 334 g/mol. The Kier molecular flexibility index (Phi) is 3.97. The van der Waals surface area contributed by atoms with Crippen LogP contribution in [-0.2, 0) is 15.9 Å². The maximum absolute atomic E-state index is 12.5. The van der Waals surface area contributed by atoms with Gasteiger partial charge in [-0.15, -0.1) is 0 Å². The summed E-state index contributed by atoms with van der Waals surface area (Å²) in [5.41, 5.74) is 0.942. The number of rotatable bonds is 4. The quantitative estimate of drug-likeness (QED) is 0.625. The van der Waals surface area contributed by atoms with E-state index in [4.69, 9.17) is 4.84 Å². The number of carbonyl (C=O) groups is 1. The fourth-order valence-corrected chi connectivity index (χ4v) is 3.15. The molecule has 0 fully saturated rings. The number of H-pyrrole nitrogens is 2. The third-order valence-electron chi connectivity index (χ3n) is 3.64. The van der Waals surface area contributed by atoms with E-state index in [0.29, 0.717) is 29.9 Å². The molecule has 1 unspecified atom stereocenters. The maximum atomic E-state index is 12.5. The van der Waals surface area contributed by atoms with Gasteiger partial charge in [-0.25, -0.2) is 0 Å². The molecule has 9 heteroatoms. The summed E-state index contributed by atoms with van der Waals surface area (Å²) in [6, 6.07) is 2.73. The van der Waals surface area contributed by atoms with Crippen LogP contribution in [0.25, 0.3) is 0 Å². The maximum Gasteiger partial charge on any atom is 0.275 e. The Balaban J connectivity index is 2.19. The van der Waals surface area contributed by atoms with Crippen molar-refractivity contribution in [2.24, 2.45) is 5.16 Å². The van der Waals surface area contributed by atoms with E-state index in [-0.39, 0.29) is 16.0 Å². The molecule has 1 aromatic heterocycles. The van der Waals surface area contributed by atoms with Crippen LogP contribution in [0.4, 0.5) is 0 Å². The van der Waals surface area contributed by atoms with Crippen molar-refractivity contribution < 1.29 is 18.4 Å². The second-order valence-electron chi connectivity index (χ2n) is 4.95. The number of benzene rings is 1. The Labute approximate surface area is 132 Å². The number of ketones is 1. The van der Waals surface area contributed by atoms with Gasteiger partial charge in [0.2, 0.25) is 0 Å². The van der Waals surface area contributed by atoms with E-state index in [1.165, 1.54) is 18.3 Å². The third-order valence-corrected chi connectivity index (χ3v) is 4.34. The van der Waals surface area contributed by atoms with E-state index in [2.05, 4.69) is 15.4 Å². The molecule has 1 aromatic carbocycles. The molecule has 0 amide bonds. The van der Waals surface area contributed by atoms with Gasteiger partial charge in [0.05, 0.1) is 5.71 Å². The highest BCUT2D eigenvalue weighted by atomic mass is 32.2. The lowest BCUT2D eigenvalue weighted by Crippen LogP contribution is -2.17. The minimum atomic E-state index is -2.48. The van der Waals surface area contributed by atoms with Crippen molar-refractivity contribution >= 4 is 22.6 Å². The standard InChI is InChI=1S/C14H13N3O5S/c1-7-8(13(18)9-6-15-16-14(9)19)2-3-11(23(20)21)12(7)10-4-5-22-17-10/h2-3,6H,4-5H2,1H3,(H,20,21)(H2,15,16,19)/p-1. The SMILES string of the molecule is Cc1c(C(=O)c2c[nH][nH]c2=O)ccc(S(=O)[O-])c1C1=NOCC1. The highest BCUT2D eigenvalue weighted by Crippen LogP contribution is 2.26. The summed E-state index contributed by atoms with van der Waals surface area (Å²) < 4.78 is 22.9. The molecule has 0 radical (unpaired) electrons. The minimum Gasteiger partial charge on any atom is -0.768 e. The molecule has 2 aromatic rings. The third kappa shape index (κ3) is 2.64. The summed E-state index contributed by atoms with van der Waals surface area (Å²) in [5, 5.41) is 8.61. The van der Waals surface area contributed by atoms with Gasteiger partial charge in [0.25, 0.3) is 5.56 Å². The van der Waals surface area contributed by atoms with E-state index in [1.807, 2.05) is 0 Å². The highest BCUT2D eigenvalue weighted by Gasteiger charge is 2.23. The Morgan fingerprint density at radius 1 is 1.39 bits per heavy atom. The first-order chi connectivity index (χ1) is 11.0. The largest absolute Gasteiger partial charge is 0.768 e. The molecule has 1 aliphatic rings. The van der Waals surface area contributed by atoms with Gasteiger partial charge in [-0.3, -0.25) is 18.9 Å². The van der Waals surface area contributed by atoms with E-state index in [9.17, 15) is 18.4 Å². The molecule has 0 aliphatic carbocycles. The molecule has 8 nitrogen and oxygen atoms in total. The molecule has 0 saturated carbocycles. The minimum absolute atomic E-state index is 0.0420. The summed E-state index contributed by atoms with van der Waals surface area (Å²) in [5.74, 6) is -0.492. The van der Waals surface area contributed by atoms with Crippen molar-refractivity contribution in [3.05, 3.63) is 50.9 Å². The van der Waals surface area contributed by atoms with Crippen LogP contribution in [0.3, 0.4) is 0 Å². The second-order valence-corrected chi connectivity index (χ2v) is 5.86. The molecule has 1 aliphatic heterocycles. The zero-order valence-electron chi connectivity index (χ0n) is 12.0. The van der Waals surface area contributed by atoms with Gasteiger partial charge in [0, 0.05) is 28.6 Å². The van der Waals surface area contributed by atoms with E-state index in [1.54, 1.807) is 6.92 Å². The summed E-state index contributed by atoms with van der Waals surface area (Å²) in [6.45, 7) is 1.98. The molecular formula is C14H12N3O5S-. The van der Waals surface area contributed by atoms with Gasteiger partial charge in [0.15, 0.2) is 5.78 Å². The highest BCUT2D eigenvalue weighted by molar-refractivity contribution is 7.79. The molecule has 2 heterocycles. The van der Waals surface area contributed by atoms with Crippen molar-refractivity contribution in [1.29, 1.82) is 0 Å². The molecular weight excluding hydrogens is 322 g/mol. The van der Waals surface area contributed by atoms with Crippen molar-refractivity contribution in [1.82, 2.24) is 10.2 Å². The second kappa shape index (κ2) is 5.94. The predicted octanol–water partition coefficient (Wildman–Crippen LogP) is 0.605. The number of nitrogens with one attached hydrogen (secondary N) is 2. The molecule has 0 saturated heterocycles. The first-order valence-corrected chi connectivity index (χ1v) is 7.81. The Bertz CT molecular complexity index is 896. The lowest BCUT2D eigenvalue weighted by molar-refractivity contribution is 0.103. The zero-order chi connectivity index (χ0) is 16.6. The van der Waals surface area contributed by atoms with Gasteiger partial charge < -0.3 is 14.5 Å². The van der Waals surface area contributed by atoms with Crippen LogP contribution in [-0.4, -0.2) is 37.1 Å². The van der Waals surface area contributed by atoms with Crippen molar-refractivity contribution in [2.45, 2.75) is 18.2 Å². The number of oxime groups is 1. The summed E-state index contributed by atoms with van der Waals surface area (Å²) >= 11 is -2.48. The summed E-state index contributed by atoms with van der Waals surface area (Å²) in [7, 11) is 0. The predicted molar refractivity (Wildman–Crippen MR) is 80.3 cm³/mol. The van der Waals surface area contributed by atoms with Gasteiger partial charge in [-0.05, 0) is 35.7 Å². The first kappa shape index (κ1) is 15.4. The smallest absolute Gasteiger partial charge is 0.275 e. The van der Waals surface area contributed by atoms with Crippen LogP contribution in [0, 0.1) is 6.92 Å². The van der Waals surface area contributed by atoms with E-state index < -0.39 is 22.4 Å². The number of nitrogens with zero attached hydrogens (tertiary/aromatic N) is 1. The summed E-state index contributed by atoms with van der Waals surface area (Å²) in [4.78, 5) is 29.1. The number of carbonyl (C=O) groups excluding carboxylic acids is 1. The number of aromatic amines is 2. The van der Waals surface area contributed by atoms with Gasteiger partial charge in [-0.1, -0.05) is 5.16 Å². The number of hydrogen-bond acceptors (Lipinski definition) is 6. The van der Waals surface area contributed by atoms with Crippen molar-refractivity contribution in [2.75, 3.05) is 6.61 Å². The van der Waals surface area contributed by atoms with Crippen LogP contribution >= 0.6 is 0 Å². The average molecular weight is 334 g/mol. The topological polar surface area (TPSA) is 127 Å². The molecule has 23 heavy (non-hydrogen) atoms.